The van der Waals surface area contributed by atoms with Crippen LogP contribution in [0.2, 0.25) is 0 Å². The topological polar surface area (TPSA) is 51.0 Å². The molecule has 0 saturated carbocycles. The first-order valence-electron chi connectivity index (χ1n) is 8.65. The Morgan fingerprint density at radius 2 is 2.00 bits per heavy atom. The molecule has 0 aliphatic heterocycles. The van der Waals surface area contributed by atoms with Gasteiger partial charge in [0.15, 0.2) is 5.65 Å². The molecule has 0 radical (unpaired) electrons. The Bertz CT molecular complexity index is 885. The first-order valence-corrected chi connectivity index (χ1v) is 8.65. The Labute approximate surface area is 148 Å². The molecular formula is C20H24N4O. The van der Waals surface area contributed by atoms with Crippen molar-refractivity contribution in [3.05, 3.63) is 59.4 Å². The standard InChI is InChI=1S/C20H24N4O/c1-5-14(2)24(13-16-9-7-6-8-10-16)20(25)17-11-18-15(3)22-23(4)19(18)21-12-17/h6-12,14H,5,13H2,1-4H3. The van der Waals surface area contributed by atoms with Gasteiger partial charge >= 0.3 is 0 Å². The van der Waals surface area contributed by atoms with Crippen LogP contribution in [-0.4, -0.2) is 31.6 Å². The molecule has 25 heavy (non-hydrogen) atoms. The Balaban J connectivity index is 1.95. The molecule has 1 aromatic carbocycles. The highest BCUT2D eigenvalue weighted by Crippen LogP contribution is 2.20. The molecule has 0 N–H and O–H groups in total. The summed E-state index contributed by atoms with van der Waals surface area (Å²) < 4.78 is 1.75. The summed E-state index contributed by atoms with van der Waals surface area (Å²) in [6.07, 6.45) is 2.56. The summed E-state index contributed by atoms with van der Waals surface area (Å²) in [5, 5.41) is 5.31. The molecule has 3 aromatic rings. The third kappa shape index (κ3) is 3.40. The molecule has 5 heteroatoms. The predicted octanol–water partition coefficient (Wildman–Crippen LogP) is 3.72. The molecular weight excluding hydrogens is 312 g/mol. The Hall–Kier alpha value is -2.69. The van der Waals surface area contributed by atoms with Gasteiger partial charge in [-0.2, -0.15) is 5.10 Å². The van der Waals surface area contributed by atoms with Crippen LogP contribution in [0.1, 0.15) is 41.9 Å². The molecule has 2 heterocycles. The normalized spacial score (nSPS) is 12.3. The van der Waals surface area contributed by atoms with Crippen LogP contribution in [0.3, 0.4) is 0 Å². The van der Waals surface area contributed by atoms with Gasteiger partial charge in [-0.3, -0.25) is 9.48 Å². The first-order chi connectivity index (χ1) is 12.0. The maximum atomic E-state index is 13.2. The van der Waals surface area contributed by atoms with Crippen molar-refractivity contribution in [1.29, 1.82) is 0 Å². The van der Waals surface area contributed by atoms with Gasteiger partial charge in [-0.05, 0) is 31.9 Å². The van der Waals surface area contributed by atoms with Gasteiger partial charge in [0.25, 0.3) is 5.91 Å². The molecule has 0 bridgehead atoms. The predicted molar refractivity (Wildman–Crippen MR) is 99.3 cm³/mol. The number of aryl methyl sites for hydroxylation is 2. The molecule has 2 aromatic heterocycles. The van der Waals surface area contributed by atoms with Crippen LogP contribution in [0.15, 0.2) is 42.6 Å². The second-order valence-corrected chi connectivity index (χ2v) is 6.48. The second kappa shape index (κ2) is 7.05. The molecule has 0 saturated heterocycles. The molecule has 130 valence electrons. The first kappa shape index (κ1) is 17.1. The van der Waals surface area contributed by atoms with E-state index in [1.807, 2.05) is 43.1 Å². The number of pyridine rings is 1. The van der Waals surface area contributed by atoms with Crippen LogP contribution in [0.5, 0.6) is 0 Å². The lowest BCUT2D eigenvalue weighted by Crippen LogP contribution is -2.37. The molecule has 1 atom stereocenters. The zero-order valence-corrected chi connectivity index (χ0v) is 15.2. The van der Waals surface area contributed by atoms with E-state index in [9.17, 15) is 4.79 Å². The number of carbonyl (C=O) groups excluding carboxylic acids is 1. The number of fused-ring (bicyclic) bond motifs is 1. The van der Waals surface area contributed by atoms with E-state index in [1.165, 1.54) is 0 Å². The number of hydrogen-bond acceptors (Lipinski definition) is 3. The van der Waals surface area contributed by atoms with Gasteiger partial charge in [-0.15, -0.1) is 0 Å². The van der Waals surface area contributed by atoms with Gasteiger partial charge in [-0.25, -0.2) is 4.98 Å². The molecule has 0 spiro atoms. The third-order valence-electron chi connectivity index (χ3n) is 4.69. The van der Waals surface area contributed by atoms with E-state index in [0.717, 1.165) is 28.7 Å². The quantitative estimate of drug-likeness (QED) is 0.713. The summed E-state index contributed by atoms with van der Waals surface area (Å²) in [6.45, 7) is 6.72. The van der Waals surface area contributed by atoms with Crippen molar-refractivity contribution < 1.29 is 4.79 Å². The van der Waals surface area contributed by atoms with Crippen LogP contribution in [-0.2, 0) is 13.6 Å². The van der Waals surface area contributed by atoms with E-state index in [2.05, 4.69) is 36.1 Å². The smallest absolute Gasteiger partial charge is 0.255 e. The summed E-state index contributed by atoms with van der Waals surface area (Å²) in [4.78, 5) is 19.5. The monoisotopic (exact) mass is 336 g/mol. The summed E-state index contributed by atoms with van der Waals surface area (Å²) in [6, 6.07) is 12.2. The number of rotatable bonds is 5. The van der Waals surface area contributed by atoms with Gasteiger partial charge in [0, 0.05) is 31.2 Å². The number of carbonyl (C=O) groups is 1. The van der Waals surface area contributed by atoms with Crippen LogP contribution >= 0.6 is 0 Å². The summed E-state index contributed by atoms with van der Waals surface area (Å²) >= 11 is 0. The van der Waals surface area contributed by atoms with Gasteiger partial charge in [0.2, 0.25) is 0 Å². The number of amides is 1. The van der Waals surface area contributed by atoms with Crippen molar-refractivity contribution in [3.8, 4) is 0 Å². The zero-order valence-electron chi connectivity index (χ0n) is 15.2. The minimum atomic E-state index is 0.0101. The molecule has 1 amide bonds. The highest BCUT2D eigenvalue weighted by Gasteiger charge is 2.22. The van der Waals surface area contributed by atoms with E-state index in [0.29, 0.717) is 12.1 Å². The van der Waals surface area contributed by atoms with E-state index in [1.54, 1.807) is 10.9 Å². The highest BCUT2D eigenvalue weighted by molar-refractivity contribution is 5.97. The second-order valence-electron chi connectivity index (χ2n) is 6.48. The van der Waals surface area contributed by atoms with Crippen molar-refractivity contribution in [1.82, 2.24) is 19.7 Å². The SMILES string of the molecule is CCC(C)N(Cc1ccccc1)C(=O)c1cnc2c(c1)c(C)nn2C. The van der Waals surface area contributed by atoms with Crippen LogP contribution < -0.4 is 0 Å². The van der Waals surface area contributed by atoms with Crippen molar-refractivity contribution in [2.24, 2.45) is 7.05 Å². The van der Waals surface area contributed by atoms with E-state index in [4.69, 9.17) is 0 Å². The van der Waals surface area contributed by atoms with Crippen molar-refractivity contribution in [2.75, 3.05) is 0 Å². The van der Waals surface area contributed by atoms with Gasteiger partial charge in [0.05, 0.1) is 11.3 Å². The van der Waals surface area contributed by atoms with E-state index in [-0.39, 0.29) is 11.9 Å². The lowest BCUT2D eigenvalue weighted by atomic mass is 10.1. The maximum Gasteiger partial charge on any atom is 0.255 e. The summed E-state index contributed by atoms with van der Waals surface area (Å²) in [7, 11) is 1.87. The van der Waals surface area contributed by atoms with E-state index < -0.39 is 0 Å². The molecule has 0 aliphatic carbocycles. The van der Waals surface area contributed by atoms with Crippen LogP contribution in [0, 0.1) is 6.92 Å². The number of benzene rings is 1. The van der Waals surface area contributed by atoms with Crippen molar-refractivity contribution in [3.63, 3.8) is 0 Å². The number of nitrogens with zero attached hydrogens (tertiary/aromatic N) is 4. The van der Waals surface area contributed by atoms with Crippen LogP contribution in [0.4, 0.5) is 0 Å². The van der Waals surface area contributed by atoms with Gasteiger partial charge in [-0.1, -0.05) is 37.3 Å². The van der Waals surface area contributed by atoms with Gasteiger partial charge < -0.3 is 4.90 Å². The summed E-state index contributed by atoms with van der Waals surface area (Å²) in [5.74, 6) is 0.0101. The Morgan fingerprint density at radius 1 is 1.28 bits per heavy atom. The molecule has 1 unspecified atom stereocenters. The van der Waals surface area contributed by atoms with Crippen LogP contribution in [0.25, 0.3) is 11.0 Å². The Morgan fingerprint density at radius 3 is 2.68 bits per heavy atom. The van der Waals surface area contributed by atoms with E-state index >= 15 is 0 Å². The Kier molecular flexibility index (Phi) is 4.83. The largest absolute Gasteiger partial charge is 0.332 e. The fourth-order valence-corrected chi connectivity index (χ4v) is 3.02. The number of hydrogen-bond donors (Lipinski definition) is 0. The molecule has 0 aliphatic rings. The average Bonchev–Trinajstić information content (AvgIpc) is 2.93. The lowest BCUT2D eigenvalue weighted by Gasteiger charge is -2.29. The fourth-order valence-electron chi connectivity index (χ4n) is 3.02. The number of aromatic nitrogens is 3. The summed E-state index contributed by atoms with van der Waals surface area (Å²) in [5.41, 5.74) is 3.42. The minimum Gasteiger partial charge on any atom is -0.332 e. The maximum absolute atomic E-state index is 13.2. The molecule has 3 rings (SSSR count). The average molecular weight is 336 g/mol. The minimum absolute atomic E-state index is 0.0101. The molecule has 5 nitrogen and oxygen atoms in total. The zero-order chi connectivity index (χ0) is 18.0. The lowest BCUT2D eigenvalue weighted by molar-refractivity contribution is 0.0671. The van der Waals surface area contributed by atoms with Crippen molar-refractivity contribution >= 4 is 16.9 Å². The van der Waals surface area contributed by atoms with Crippen molar-refractivity contribution in [2.45, 2.75) is 39.8 Å². The van der Waals surface area contributed by atoms with Gasteiger partial charge in [0.1, 0.15) is 0 Å². The fraction of sp³-hybridized carbons (Fsp3) is 0.350. The highest BCUT2D eigenvalue weighted by atomic mass is 16.2. The third-order valence-corrected chi connectivity index (χ3v) is 4.69. The molecule has 0 fully saturated rings.